The molecule has 0 bridgehead atoms. The highest BCUT2D eigenvalue weighted by atomic mass is 16.5. The lowest BCUT2D eigenvalue weighted by Gasteiger charge is -2.20. The van der Waals surface area contributed by atoms with Gasteiger partial charge in [-0.3, -0.25) is 9.69 Å². The summed E-state index contributed by atoms with van der Waals surface area (Å²) < 4.78 is 15.9. The molecular formula is C14H17N3O4. The van der Waals surface area contributed by atoms with Crippen molar-refractivity contribution >= 4 is 5.97 Å². The second kappa shape index (κ2) is 6.09. The van der Waals surface area contributed by atoms with Gasteiger partial charge >= 0.3 is 5.97 Å². The van der Waals surface area contributed by atoms with Gasteiger partial charge in [0.05, 0.1) is 19.4 Å². The number of ether oxygens (including phenoxy) is 1. The third-order valence-electron chi connectivity index (χ3n) is 3.46. The van der Waals surface area contributed by atoms with Crippen LogP contribution < -0.4 is 0 Å². The van der Waals surface area contributed by atoms with Gasteiger partial charge in [0.15, 0.2) is 5.76 Å². The average molecular weight is 291 g/mol. The Morgan fingerprint density at radius 2 is 2.43 bits per heavy atom. The van der Waals surface area contributed by atoms with Gasteiger partial charge in [-0.1, -0.05) is 0 Å². The monoisotopic (exact) mass is 291 g/mol. The van der Waals surface area contributed by atoms with Crippen molar-refractivity contribution in [1.29, 1.82) is 0 Å². The van der Waals surface area contributed by atoms with Crippen LogP contribution in [0.15, 0.2) is 27.2 Å². The summed E-state index contributed by atoms with van der Waals surface area (Å²) in [6, 6.07) is 3.30. The molecule has 2 aromatic rings. The predicted molar refractivity (Wildman–Crippen MR) is 72.1 cm³/mol. The lowest BCUT2D eigenvalue weighted by molar-refractivity contribution is -0.148. The zero-order chi connectivity index (χ0) is 14.7. The first kappa shape index (κ1) is 13.8. The number of nitrogens with zero attached hydrogens (tertiary/aromatic N) is 3. The van der Waals surface area contributed by atoms with Crippen LogP contribution in [0.3, 0.4) is 0 Å². The maximum absolute atomic E-state index is 11.9. The van der Waals surface area contributed by atoms with Crippen LogP contribution in [-0.4, -0.2) is 40.3 Å². The molecule has 0 aliphatic carbocycles. The molecule has 1 aliphatic heterocycles. The normalized spacial score (nSPS) is 19.0. The largest absolute Gasteiger partial charge is 0.465 e. The molecule has 1 saturated heterocycles. The van der Waals surface area contributed by atoms with Gasteiger partial charge < -0.3 is 13.6 Å². The molecule has 1 atom stereocenters. The van der Waals surface area contributed by atoms with E-state index in [-0.39, 0.29) is 12.0 Å². The van der Waals surface area contributed by atoms with Crippen molar-refractivity contribution in [2.75, 3.05) is 13.2 Å². The van der Waals surface area contributed by atoms with E-state index in [0.29, 0.717) is 30.7 Å². The van der Waals surface area contributed by atoms with E-state index in [1.165, 1.54) is 0 Å². The van der Waals surface area contributed by atoms with E-state index in [2.05, 4.69) is 10.2 Å². The summed E-state index contributed by atoms with van der Waals surface area (Å²) in [6.07, 6.45) is 3.32. The van der Waals surface area contributed by atoms with E-state index in [1.807, 2.05) is 11.8 Å². The highest BCUT2D eigenvalue weighted by Gasteiger charge is 2.32. The van der Waals surface area contributed by atoms with Gasteiger partial charge in [-0.15, -0.1) is 10.2 Å². The second-order valence-electron chi connectivity index (χ2n) is 4.86. The molecule has 1 unspecified atom stereocenters. The average Bonchev–Trinajstić information content (AvgIpc) is 3.20. The first-order valence-electron chi connectivity index (χ1n) is 7.05. The number of likely N-dealkylation sites (tertiary alicyclic amines) is 1. The number of carbonyl (C=O) groups excluding carboxylic acids is 1. The Morgan fingerprint density at radius 3 is 3.19 bits per heavy atom. The van der Waals surface area contributed by atoms with E-state index >= 15 is 0 Å². The molecule has 0 amide bonds. The fourth-order valence-corrected chi connectivity index (χ4v) is 2.51. The predicted octanol–water partition coefficient (Wildman–Crippen LogP) is 1.86. The first-order chi connectivity index (χ1) is 10.3. The second-order valence-corrected chi connectivity index (χ2v) is 4.86. The van der Waals surface area contributed by atoms with Crippen LogP contribution in [0.2, 0.25) is 0 Å². The zero-order valence-corrected chi connectivity index (χ0v) is 11.8. The summed E-state index contributed by atoms with van der Waals surface area (Å²) >= 11 is 0. The molecule has 0 N–H and O–H groups in total. The van der Waals surface area contributed by atoms with Crippen LogP contribution in [0.1, 0.15) is 25.7 Å². The summed E-state index contributed by atoms with van der Waals surface area (Å²) in [5, 5.41) is 7.96. The summed E-state index contributed by atoms with van der Waals surface area (Å²) in [4.78, 5) is 13.9. The molecule has 7 nitrogen and oxygen atoms in total. The van der Waals surface area contributed by atoms with Crippen LogP contribution in [0.4, 0.5) is 0 Å². The minimum absolute atomic E-state index is 0.180. The fraction of sp³-hybridized carbons (Fsp3) is 0.500. The Labute approximate surface area is 121 Å². The molecule has 1 aliphatic rings. The van der Waals surface area contributed by atoms with Gasteiger partial charge in [0.2, 0.25) is 5.89 Å². The van der Waals surface area contributed by atoms with E-state index in [4.69, 9.17) is 13.6 Å². The quantitative estimate of drug-likeness (QED) is 0.777. The molecule has 0 radical (unpaired) electrons. The summed E-state index contributed by atoms with van der Waals surface area (Å²) in [7, 11) is 0. The molecule has 3 rings (SSSR count). The number of hydrogen-bond donors (Lipinski definition) is 0. The topological polar surface area (TPSA) is 81.6 Å². The molecule has 21 heavy (non-hydrogen) atoms. The van der Waals surface area contributed by atoms with Crippen LogP contribution >= 0.6 is 0 Å². The minimum atomic E-state index is -0.219. The lowest BCUT2D eigenvalue weighted by Crippen LogP contribution is -2.36. The Morgan fingerprint density at radius 1 is 1.52 bits per heavy atom. The van der Waals surface area contributed by atoms with E-state index in [9.17, 15) is 4.79 Å². The van der Waals surface area contributed by atoms with Crippen molar-refractivity contribution in [3.8, 4) is 11.7 Å². The van der Waals surface area contributed by atoms with Crippen LogP contribution in [-0.2, 0) is 16.1 Å². The summed E-state index contributed by atoms with van der Waals surface area (Å²) in [5.41, 5.74) is 0. The van der Waals surface area contributed by atoms with Crippen molar-refractivity contribution in [2.24, 2.45) is 0 Å². The number of aromatic nitrogens is 2. The Kier molecular flexibility index (Phi) is 4.01. The number of furan rings is 1. The number of hydrogen-bond acceptors (Lipinski definition) is 7. The molecular weight excluding hydrogens is 274 g/mol. The van der Waals surface area contributed by atoms with Crippen molar-refractivity contribution < 1.29 is 18.4 Å². The van der Waals surface area contributed by atoms with Crippen molar-refractivity contribution in [1.82, 2.24) is 15.1 Å². The molecule has 0 aromatic carbocycles. The molecule has 7 heteroatoms. The number of esters is 1. The van der Waals surface area contributed by atoms with Gasteiger partial charge in [-0.05, 0) is 38.4 Å². The van der Waals surface area contributed by atoms with Crippen LogP contribution in [0, 0.1) is 0 Å². The van der Waals surface area contributed by atoms with Gasteiger partial charge in [0, 0.05) is 0 Å². The molecule has 2 aromatic heterocycles. The highest BCUT2D eigenvalue weighted by Crippen LogP contribution is 2.23. The van der Waals surface area contributed by atoms with Crippen molar-refractivity contribution in [2.45, 2.75) is 32.4 Å². The van der Waals surface area contributed by atoms with Crippen molar-refractivity contribution in [3.63, 3.8) is 0 Å². The SMILES string of the molecule is CCOC(=O)C1CCCN1Cc1nnc(-c2ccco2)o1. The third kappa shape index (κ3) is 2.97. The maximum Gasteiger partial charge on any atom is 0.323 e. The standard InChI is InChI=1S/C14H17N3O4/c1-2-19-14(18)10-5-3-7-17(10)9-12-15-16-13(21-12)11-6-4-8-20-11/h4,6,8,10H,2-3,5,7,9H2,1H3. The van der Waals surface area contributed by atoms with Crippen LogP contribution in [0.25, 0.3) is 11.7 Å². The van der Waals surface area contributed by atoms with Gasteiger partial charge in [-0.2, -0.15) is 0 Å². The molecule has 1 fully saturated rings. The lowest BCUT2D eigenvalue weighted by atomic mass is 10.2. The number of carbonyl (C=O) groups is 1. The summed E-state index contributed by atoms with van der Waals surface area (Å²) in [5.74, 6) is 1.18. The highest BCUT2D eigenvalue weighted by molar-refractivity contribution is 5.76. The molecule has 0 spiro atoms. The van der Waals surface area contributed by atoms with E-state index in [1.54, 1.807) is 18.4 Å². The minimum Gasteiger partial charge on any atom is -0.465 e. The van der Waals surface area contributed by atoms with Crippen molar-refractivity contribution in [3.05, 3.63) is 24.3 Å². The molecule has 112 valence electrons. The zero-order valence-electron chi connectivity index (χ0n) is 11.8. The fourth-order valence-electron chi connectivity index (χ4n) is 2.51. The van der Waals surface area contributed by atoms with E-state index < -0.39 is 0 Å². The first-order valence-corrected chi connectivity index (χ1v) is 7.05. The van der Waals surface area contributed by atoms with E-state index in [0.717, 1.165) is 19.4 Å². The Hall–Kier alpha value is -2.15. The summed E-state index contributed by atoms with van der Waals surface area (Å²) in [6.45, 7) is 3.47. The maximum atomic E-state index is 11.9. The van der Waals surface area contributed by atoms with Gasteiger partial charge in [0.1, 0.15) is 6.04 Å². The molecule has 0 saturated carbocycles. The third-order valence-corrected chi connectivity index (χ3v) is 3.46. The Bertz CT molecular complexity index is 593. The number of rotatable bonds is 5. The van der Waals surface area contributed by atoms with Gasteiger partial charge in [-0.25, -0.2) is 0 Å². The van der Waals surface area contributed by atoms with Gasteiger partial charge in [0.25, 0.3) is 5.89 Å². The Balaban J connectivity index is 1.67. The molecule has 3 heterocycles. The smallest absolute Gasteiger partial charge is 0.323 e. The van der Waals surface area contributed by atoms with Crippen LogP contribution in [0.5, 0.6) is 0 Å².